The van der Waals surface area contributed by atoms with Crippen LogP contribution in [-0.4, -0.2) is 24.4 Å². The van der Waals surface area contributed by atoms with Crippen molar-refractivity contribution in [1.29, 1.82) is 0 Å². The summed E-state index contributed by atoms with van der Waals surface area (Å²) >= 11 is 3.31. The van der Waals surface area contributed by atoms with Crippen molar-refractivity contribution < 1.29 is 17.8 Å². The molecule has 0 fully saturated rings. The molecule has 1 atom stereocenters. The molecule has 1 aliphatic heterocycles. The second kappa shape index (κ2) is 5.63. The van der Waals surface area contributed by atoms with Gasteiger partial charge in [-0.2, -0.15) is 8.42 Å². The van der Waals surface area contributed by atoms with Crippen molar-refractivity contribution in [2.45, 2.75) is 12.4 Å². The summed E-state index contributed by atoms with van der Waals surface area (Å²) in [6.45, 7) is 1.76. The fraction of sp³-hybridized carbons (Fsp3) is 0.133. The third-order valence-corrected chi connectivity index (χ3v) is 5.18. The lowest BCUT2D eigenvalue weighted by Crippen LogP contribution is -2.53. The zero-order chi connectivity index (χ0) is 16.8. The minimum absolute atomic E-state index is 0.347. The van der Waals surface area contributed by atoms with Crippen LogP contribution in [-0.2, 0) is 10.1 Å². The number of fused-ring (bicyclic) bond motifs is 1. The average molecular weight is 397 g/mol. The van der Waals surface area contributed by atoms with Crippen LogP contribution >= 0.6 is 15.9 Å². The Kier molecular flexibility index (Phi) is 3.91. The van der Waals surface area contributed by atoms with Crippen molar-refractivity contribution in [1.82, 2.24) is 0 Å². The predicted molar refractivity (Wildman–Crippen MR) is 91.1 cm³/mol. The molecule has 2 aromatic carbocycles. The first-order valence-corrected chi connectivity index (χ1v) is 9.01. The molecule has 0 radical (unpaired) electrons. The minimum atomic E-state index is -4.56. The predicted octanol–water partition coefficient (Wildman–Crippen LogP) is 3.00. The molecular weight excluding hydrogens is 384 g/mol. The smallest absolute Gasteiger partial charge is 0.306 e. The lowest BCUT2D eigenvalue weighted by Gasteiger charge is -2.36. The number of nitrogens with zero attached hydrogens (tertiary/aromatic N) is 1. The summed E-state index contributed by atoms with van der Waals surface area (Å²) in [5.74, 6) is -0.503. The summed E-state index contributed by atoms with van der Waals surface area (Å²) < 4.78 is 33.8. The van der Waals surface area contributed by atoms with Gasteiger partial charge < -0.3 is 5.32 Å². The maximum atomic E-state index is 12.9. The largest absolute Gasteiger partial charge is 0.349 e. The molecule has 0 saturated heterocycles. The summed E-state index contributed by atoms with van der Waals surface area (Å²) in [6.07, 6.45) is 0. The van der Waals surface area contributed by atoms with E-state index in [9.17, 15) is 17.8 Å². The number of carbonyl (C=O) groups excluding carboxylic acids is 1. The molecule has 1 unspecified atom stereocenters. The third-order valence-electron chi connectivity index (χ3n) is 3.62. The van der Waals surface area contributed by atoms with E-state index in [0.29, 0.717) is 21.4 Å². The first kappa shape index (κ1) is 16.0. The van der Waals surface area contributed by atoms with Crippen molar-refractivity contribution >= 4 is 43.3 Å². The number of anilines is 2. The monoisotopic (exact) mass is 396 g/mol. The SMILES string of the molecule is Cc1cccc2c1NC(S(=O)(=O)O)N(c1ccccc1Br)C2=O. The Balaban J connectivity index is 2.24. The van der Waals surface area contributed by atoms with Gasteiger partial charge in [0.15, 0.2) is 0 Å². The second-order valence-corrected chi connectivity index (χ2v) is 7.47. The molecule has 1 aliphatic rings. The number of nitrogens with one attached hydrogen (secondary N) is 1. The first-order chi connectivity index (χ1) is 10.8. The van der Waals surface area contributed by atoms with Gasteiger partial charge in [-0.05, 0) is 46.6 Å². The highest BCUT2D eigenvalue weighted by Crippen LogP contribution is 2.36. The molecule has 6 nitrogen and oxygen atoms in total. The van der Waals surface area contributed by atoms with Gasteiger partial charge in [-0.15, -0.1) is 0 Å². The minimum Gasteiger partial charge on any atom is -0.349 e. The Morgan fingerprint density at radius 2 is 1.87 bits per heavy atom. The molecule has 23 heavy (non-hydrogen) atoms. The molecule has 2 N–H and O–H groups in total. The zero-order valence-electron chi connectivity index (χ0n) is 12.0. The van der Waals surface area contributed by atoms with E-state index in [2.05, 4.69) is 21.2 Å². The Morgan fingerprint density at radius 1 is 1.17 bits per heavy atom. The quantitative estimate of drug-likeness (QED) is 0.761. The molecule has 0 aromatic heterocycles. The molecule has 0 spiro atoms. The lowest BCUT2D eigenvalue weighted by atomic mass is 10.0. The maximum Gasteiger partial charge on any atom is 0.306 e. The topological polar surface area (TPSA) is 86.7 Å². The first-order valence-electron chi connectivity index (χ1n) is 6.71. The van der Waals surface area contributed by atoms with Crippen molar-refractivity contribution in [2.24, 2.45) is 0 Å². The van der Waals surface area contributed by atoms with Crippen LogP contribution in [0.25, 0.3) is 0 Å². The van der Waals surface area contributed by atoms with E-state index >= 15 is 0 Å². The van der Waals surface area contributed by atoms with Crippen molar-refractivity contribution in [3.05, 3.63) is 58.1 Å². The Bertz CT molecular complexity index is 898. The summed E-state index contributed by atoms with van der Waals surface area (Å²) in [5, 5.41) is 2.76. The number of aryl methyl sites for hydroxylation is 1. The van der Waals surface area contributed by atoms with Gasteiger partial charge >= 0.3 is 10.1 Å². The van der Waals surface area contributed by atoms with E-state index in [1.165, 1.54) is 0 Å². The number of para-hydroxylation sites is 2. The van der Waals surface area contributed by atoms with Gasteiger partial charge in [0.25, 0.3) is 5.91 Å². The number of amides is 1. The molecule has 8 heteroatoms. The van der Waals surface area contributed by atoms with E-state index in [0.717, 1.165) is 10.5 Å². The van der Waals surface area contributed by atoms with Crippen LogP contribution in [0, 0.1) is 6.92 Å². The standard InChI is InChI=1S/C15H13BrN2O4S/c1-9-5-4-6-10-13(9)17-15(23(20,21)22)18(14(10)19)12-8-3-2-7-11(12)16/h2-8,15,17H,1H3,(H,20,21,22). The average Bonchev–Trinajstić information content (AvgIpc) is 2.48. The fourth-order valence-corrected chi connectivity index (χ4v) is 3.77. The summed E-state index contributed by atoms with van der Waals surface area (Å²) in [7, 11) is -4.56. The molecule has 0 aliphatic carbocycles. The van der Waals surface area contributed by atoms with Gasteiger partial charge in [0.05, 0.1) is 16.9 Å². The Labute approximate surface area is 142 Å². The molecule has 1 heterocycles. The van der Waals surface area contributed by atoms with E-state index in [1.807, 2.05) is 0 Å². The van der Waals surface area contributed by atoms with Crippen LogP contribution in [0.4, 0.5) is 11.4 Å². The van der Waals surface area contributed by atoms with Crippen molar-refractivity contribution in [3.63, 3.8) is 0 Å². The van der Waals surface area contributed by atoms with Gasteiger partial charge in [-0.3, -0.25) is 14.2 Å². The van der Waals surface area contributed by atoms with Crippen molar-refractivity contribution in [2.75, 3.05) is 10.2 Å². The number of rotatable bonds is 2. The van der Waals surface area contributed by atoms with Crippen LogP contribution in [0.15, 0.2) is 46.9 Å². The van der Waals surface area contributed by atoms with Gasteiger partial charge in [-0.25, -0.2) is 0 Å². The second-order valence-electron chi connectivity index (χ2n) is 5.14. The number of carbonyl (C=O) groups is 1. The normalized spacial score (nSPS) is 17.6. The molecule has 1 amide bonds. The third kappa shape index (κ3) is 2.73. The van der Waals surface area contributed by atoms with E-state index in [1.54, 1.807) is 49.4 Å². The van der Waals surface area contributed by atoms with Crippen LogP contribution in [0.3, 0.4) is 0 Å². The van der Waals surface area contributed by atoms with E-state index < -0.39 is 21.5 Å². The summed E-state index contributed by atoms with van der Waals surface area (Å²) in [5.41, 5.74) is 0.224. The van der Waals surface area contributed by atoms with Gasteiger partial charge in [-0.1, -0.05) is 24.3 Å². The Hall–Kier alpha value is -1.90. The summed E-state index contributed by atoms with van der Waals surface area (Å²) in [4.78, 5) is 13.9. The highest BCUT2D eigenvalue weighted by Gasteiger charge is 2.41. The number of halogens is 1. The maximum absolute atomic E-state index is 12.9. The lowest BCUT2D eigenvalue weighted by molar-refractivity contribution is 0.0980. The van der Waals surface area contributed by atoms with Gasteiger partial charge in [0.2, 0.25) is 5.50 Å². The van der Waals surface area contributed by atoms with E-state index in [4.69, 9.17) is 0 Å². The van der Waals surface area contributed by atoms with E-state index in [-0.39, 0.29) is 0 Å². The number of hydrogen-bond donors (Lipinski definition) is 2. The molecule has 0 bridgehead atoms. The number of benzene rings is 2. The van der Waals surface area contributed by atoms with Crippen LogP contribution in [0.2, 0.25) is 0 Å². The molecule has 2 aromatic rings. The van der Waals surface area contributed by atoms with Crippen LogP contribution in [0.5, 0.6) is 0 Å². The fourth-order valence-electron chi connectivity index (χ4n) is 2.55. The van der Waals surface area contributed by atoms with Crippen molar-refractivity contribution in [3.8, 4) is 0 Å². The molecule has 120 valence electrons. The zero-order valence-corrected chi connectivity index (χ0v) is 14.4. The number of hydrogen-bond acceptors (Lipinski definition) is 4. The summed E-state index contributed by atoms with van der Waals surface area (Å²) in [6, 6.07) is 11.8. The molecular formula is C15H13BrN2O4S. The molecule has 0 saturated carbocycles. The van der Waals surface area contributed by atoms with Gasteiger partial charge in [0.1, 0.15) is 0 Å². The highest BCUT2D eigenvalue weighted by molar-refractivity contribution is 9.10. The Morgan fingerprint density at radius 3 is 2.52 bits per heavy atom. The molecule has 3 rings (SSSR count). The highest BCUT2D eigenvalue weighted by atomic mass is 79.9. The van der Waals surface area contributed by atoms with Crippen LogP contribution < -0.4 is 10.2 Å². The van der Waals surface area contributed by atoms with Crippen LogP contribution in [0.1, 0.15) is 15.9 Å². The van der Waals surface area contributed by atoms with Gasteiger partial charge in [0, 0.05) is 4.47 Å².